The Balaban J connectivity index is 3.92. The third-order valence-corrected chi connectivity index (χ3v) is 2.02. The number of carbonyl (C=O) groups is 3. The Labute approximate surface area is 112 Å². The minimum absolute atomic E-state index is 0.0576. The topological polar surface area (TPSA) is 76.2 Å². The second kappa shape index (κ2) is 8.96. The molecule has 0 rings (SSSR count). The zero-order valence-electron chi connectivity index (χ0n) is 11.7. The molecule has 0 atom stereocenters. The Morgan fingerprint density at radius 1 is 1.00 bits per heavy atom. The molecule has 7 heteroatoms. The third kappa shape index (κ3) is 7.80. The van der Waals surface area contributed by atoms with Crippen LogP contribution in [0.1, 0.15) is 6.92 Å². The van der Waals surface area contributed by atoms with Crippen LogP contribution in [-0.2, 0) is 19.1 Å². The normalized spacial score (nSPS) is 10.1. The zero-order valence-corrected chi connectivity index (χ0v) is 11.7. The Kier molecular flexibility index (Phi) is 7.99. The van der Waals surface area contributed by atoms with Crippen LogP contribution in [-0.4, -0.2) is 68.7 Å². The van der Waals surface area contributed by atoms with Crippen LogP contribution >= 0.6 is 0 Å². The van der Waals surface area contributed by atoms with E-state index in [0.717, 1.165) is 12.2 Å². The van der Waals surface area contributed by atoms with Gasteiger partial charge < -0.3 is 19.3 Å². The van der Waals surface area contributed by atoms with Crippen LogP contribution in [0.2, 0.25) is 0 Å². The number of urea groups is 1. The van der Waals surface area contributed by atoms with Gasteiger partial charge in [0.15, 0.2) is 0 Å². The lowest BCUT2D eigenvalue weighted by Crippen LogP contribution is -2.38. The molecule has 0 aromatic heterocycles. The van der Waals surface area contributed by atoms with Crippen LogP contribution in [0.5, 0.6) is 0 Å². The summed E-state index contributed by atoms with van der Waals surface area (Å²) < 4.78 is 9.43. The molecular formula is C12H20N2O5. The van der Waals surface area contributed by atoms with E-state index in [2.05, 4.69) is 4.74 Å². The van der Waals surface area contributed by atoms with Crippen molar-refractivity contribution in [2.75, 3.05) is 40.9 Å². The van der Waals surface area contributed by atoms with E-state index in [1.807, 2.05) is 0 Å². The van der Waals surface area contributed by atoms with Crippen molar-refractivity contribution in [3.05, 3.63) is 12.2 Å². The third-order valence-electron chi connectivity index (χ3n) is 2.02. The van der Waals surface area contributed by atoms with E-state index < -0.39 is 11.9 Å². The Morgan fingerprint density at radius 2 is 1.53 bits per heavy atom. The predicted octanol–water partition coefficient (Wildman–Crippen LogP) is 0.262. The van der Waals surface area contributed by atoms with Gasteiger partial charge in [-0.3, -0.25) is 0 Å². The standard InChI is InChI=1S/C12H20N2O5/c1-5-18-10(15)6-7-11(16)19-9-8-14(4)12(17)13(2)3/h6-7H,5,8-9H2,1-4H3/b7-6+. The van der Waals surface area contributed by atoms with Crippen LogP contribution < -0.4 is 0 Å². The molecule has 0 N–H and O–H groups in total. The van der Waals surface area contributed by atoms with Gasteiger partial charge in [0.05, 0.1) is 13.2 Å². The molecule has 0 heterocycles. The summed E-state index contributed by atoms with van der Waals surface area (Å²) >= 11 is 0. The maximum absolute atomic E-state index is 11.4. The van der Waals surface area contributed by atoms with Gasteiger partial charge in [-0.1, -0.05) is 0 Å². The maximum atomic E-state index is 11.4. The fourth-order valence-corrected chi connectivity index (χ4v) is 1.09. The molecule has 0 aliphatic heterocycles. The number of carbonyl (C=O) groups excluding carboxylic acids is 3. The van der Waals surface area contributed by atoms with Gasteiger partial charge in [-0.25, -0.2) is 14.4 Å². The number of ether oxygens (including phenoxy) is 2. The first-order valence-electron chi connectivity index (χ1n) is 5.82. The Bertz CT molecular complexity index is 352. The minimum atomic E-state index is -0.654. The number of amides is 2. The molecule has 0 spiro atoms. The van der Waals surface area contributed by atoms with E-state index in [1.54, 1.807) is 28.1 Å². The van der Waals surface area contributed by atoms with Crippen molar-refractivity contribution in [1.29, 1.82) is 0 Å². The van der Waals surface area contributed by atoms with Crippen LogP contribution in [0, 0.1) is 0 Å². The van der Waals surface area contributed by atoms with Crippen LogP contribution in [0.3, 0.4) is 0 Å². The molecule has 0 saturated carbocycles. The van der Waals surface area contributed by atoms with Gasteiger partial charge >= 0.3 is 18.0 Å². The van der Waals surface area contributed by atoms with Crippen LogP contribution in [0.25, 0.3) is 0 Å². The molecule has 0 radical (unpaired) electrons. The Hall–Kier alpha value is -2.05. The fourth-order valence-electron chi connectivity index (χ4n) is 1.09. The fraction of sp³-hybridized carbons (Fsp3) is 0.583. The second-order valence-corrected chi connectivity index (χ2v) is 3.85. The summed E-state index contributed by atoms with van der Waals surface area (Å²) in [4.78, 5) is 36.4. The number of nitrogens with zero attached hydrogens (tertiary/aromatic N) is 2. The lowest BCUT2D eigenvalue weighted by atomic mass is 10.5. The molecular weight excluding hydrogens is 252 g/mol. The first-order valence-corrected chi connectivity index (χ1v) is 5.82. The summed E-state index contributed by atoms with van der Waals surface area (Å²) in [5.41, 5.74) is 0. The van der Waals surface area contributed by atoms with E-state index in [4.69, 9.17) is 4.74 Å². The van der Waals surface area contributed by atoms with Gasteiger partial charge in [-0.05, 0) is 6.92 Å². The largest absolute Gasteiger partial charge is 0.463 e. The van der Waals surface area contributed by atoms with E-state index in [1.165, 1.54) is 9.80 Å². The first kappa shape index (κ1) is 16.9. The van der Waals surface area contributed by atoms with E-state index in [-0.39, 0.29) is 25.8 Å². The van der Waals surface area contributed by atoms with Gasteiger partial charge in [0.2, 0.25) is 0 Å². The van der Waals surface area contributed by atoms with Crippen molar-refractivity contribution in [3.8, 4) is 0 Å². The monoisotopic (exact) mass is 272 g/mol. The molecule has 0 bridgehead atoms. The number of likely N-dealkylation sites (N-methyl/N-ethyl adjacent to an activating group) is 1. The average molecular weight is 272 g/mol. The summed E-state index contributed by atoms with van der Waals surface area (Å²) in [6, 6.07) is -0.182. The molecule has 19 heavy (non-hydrogen) atoms. The van der Waals surface area contributed by atoms with Crippen LogP contribution in [0.15, 0.2) is 12.2 Å². The lowest BCUT2D eigenvalue weighted by molar-refractivity contribution is -0.140. The molecule has 0 aromatic rings. The minimum Gasteiger partial charge on any atom is -0.463 e. The smallest absolute Gasteiger partial charge is 0.331 e. The van der Waals surface area contributed by atoms with E-state index in [0.29, 0.717) is 0 Å². The molecule has 0 aliphatic carbocycles. The molecule has 0 aliphatic rings. The highest BCUT2D eigenvalue weighted by Crippen LogP contribution is 1.92. The molecule has 0 fully saturated rings. The molecule has 7 nitrogen and oxygen atoms in total. The quantitative estimate of drug-likeness (QED) is 0.512. The summed E-state index contributed by atoms with van der Waals surface area (Å²) in [7, 11) is 4.87. The summed E-state index contributed by atoms with van der Waals surface area (Å²) in [6.45, 7) is 2.25. The number of hydrogen-bond acceptors (Lipinski definition) is 5. The van der Waals surface area contributed by atoms with Gasteiger partial charge in [0, 0.05) is 33.3 Å². The average Bonchev–Trinajstić information content (AvgIpc) is 2.35. The second-order valence-electron chi connectivity index (χ2n) is 3.85. The zero-order chi connectivity index (χ0) is 14.8. The van der Waals surface area contributed by atoms with Crippen molar-refractivity contribution in [1.82, 2.24) is 9.80 Å². The van der Waals surface area contributed by atoms with Crippen molar-refractivity contribution >= 4 is 18.0 Å². The molecule has 0 unspecified atom stereocenters. The summed E-state index contributed by atoms with van der Waals surface area (Å²) in [6.07, 6.45) is 1.99. The summed E-state index contributed by atoms with van der Waals surface area (Å²) in [5, 5.41) is 0. The van der Waals surface area contributed by atoms with Gasteiger partial charge in [0.1, 0.15) is 6.61 Å². The molecule has 2 amide bonds. The molecule has 0 saturated heterocycles. The van der Waals surface area contributed by atoms with Gasteiger partial charge in [0.25, 0.3) is 0 Å². The number of rotatable bonds is 6. The van der Waals surface area contributed by atoms with E-state index in [9.17, 15) is 14.4 Å². The highest BCUT2D eigenvalue weighted by molar-refractivity contribution is 5.91. The van der Waals surface area contributed by atoms with Crippen LogP contribution in [0.4, 0.5) is 4.79 Å². The predicted molar refractivity (Wildman–Crippen MR) is 68.4 cm³/mol. The van der Waals surface area contributed by atoms with Gasteiger partial charge in [-0.2, -0.15) is 0 Å². The SMILES string of the molecule is CCOC(=O)/C=C/C(=O)OCCN(C)C(=O)N(C)C. The van der Waals surface area contributed by atoms with Crippen molar-refractivity contribution in [2.45, 2.75) is 6.92 Å². The van der Waals surface area contributed by atoms with E-state index >= 15 is 0 Å². The van der Waals surface area contributed by atoms with Crippen molar-refractivity contribution in [2.24, 2.45) is 0 Å². The number of esters is 2. The number of hydrogen-bond donors (Lipinski definition) is 0. The highest BCUT2D eigenvalue weighted by Gasteiger charge is 2.10. The first-order chi connectivity index (χ1) is 8.88. The van der Waals surface area contributed by atoms with Crippen molar-refractivity contribution < 1.29 is 23.9 Å². The lowest BCUT2D eigenvalue weighted by Gasteiger charge is -2.21. The molecule has 108 valence electrons. The van der Waals surface area contributed by atoms with Crippen molar-refractivity contribution in [3.63, 3.8) is 0 Å². The summed E-state index contributed by atoms with van der Waals surface area (Å²) in [5.74, 6) is -1.25. The van der Waals surface area contributed by atoms with Gasteiger partial charge in [-0.15, -0.1) is 0 Å². The Morgan fingerprint density at radius 3 is 2.00 bits per heavy atom. The molecule has 0 aromatic carbocycles. The highest BCUT2D eigenvalue weighted by atomic mass is 16.5. The maximum Gasteiger partial charge on any atom is 0.331 e.